The smallest absolute Gasteiger partial charge is 0.268 e. The van der Waals surface area contributed by atoms with Crippen molar-refractivity contribution in [3.63, 3.8) is 0 Å². The van der Waals surface area contributed by atoms with Crippen molar-refractivity contribution in [2.45, 2.75) is 6.18 Å². The van der Waals surface area contributed by atoms with Gasteiger partial charge in [-0.2, -0.15) is 13.2 Å². The number of hydrogen-bond acceptors (Lipinski definition) is 2. The minimum absolute atomic E-state index is 0.101. The molecule has 0 spiro atoms. The maximum Gasteiger partial charge on any atom is 0.416 e. The molecule has 0 saturated heterocycles. The first-order valence-electron chi connectivity index (χ1n) is 7.46. The van der Waals surface area contributed by atoms with Crippen molar-refractivity contribution >= 4 is 28.3 Å². The van der Waals surface area contributed by atoms with Crippen LogP contribution in [0.2, 0.25) is 0 Å². The van der Waals surface area contributed by atoms with Crippen LogP contribution >= 0.6 is 0 Å². The topological polar surface area (TPSA) is 37.4 Å². The van der Waals surface area contributed by atoms with Crippen molar-refractivity contribution in [2.75, 3.05) is 4.90 Å². The molecule has 3 aromatic rings. The van der Waals surface area contributed by atoms with E-state index in [4.69, 9.17) is 0 Å². The minimum Gasteiger partial charge on any atom is -0.268 e. The summed E-state index contributed by atoms with van der Waals surface area (Å²) in [7, 11) is 0. The average Bonchev–Trinajstić information content (AvgIpc) is 2.59. The fourth-order valence-corrected chi connectivity index (χ4v) is 3.09. The molecule has 0 radical (unpaired) electrons. The summed E-state index contributed by atoms with van der Waals surface area (Å²) in [5.74, 6) is -1.26. The highest BCUT2D eigenvalue weighted by atomic mass is 19.4. The number of imide groups is 1. The Morgan fingerprint density at radius 3 is 1.88 bits per heavy atom. The number of benzene rings is 3. The molecule has 0 atom stereocenters. The highest BCUT2D eigenvalue weighted by Gasteiger charge is 2.36. The lowest BCUT2D eigenvalue weighted by molar-refractivity contribution is -0.137. The van der Waals surface area contributed by atoms with Gasteiger partial charge in [0.1, 0.15) is 0 Å². The SMILES string of the molecule is O=C1c2cccc3cccc(c23)C(=O)N1c1cccc(C(F)(F)F)c1. The molecule has 0 aromatic heterocycles. The zero-order valence-electron chi connectivity index (χ0n) is 12.7. The van der Waals surface area contributed by atoms with E-state index in [1.54, 1.807) is 36.4 Å². The monoisotopic (exact) mass is 341 g/mol. The largest absolute Gasteiger partial charge is 0.416 e. The Hall–Kier alpha value is -3.15. The summed E-state index contributed by atoms with van der Waals surface area (Å²) >= 11 is 0. The molecule has 0 bridgehead atoms. The standard InChI is InChI=1S/C19H10F3NO2/c20-19(21,22)12-6-3-7-13(10-12)23-17(24)14-8-1-4-11-5-2-9-15(16(11)14)18(23)25/h1-10H. The lowest BCUT2D eigenvalue weighted by Gasteiger charge is -2.27. The summed E-state index contributed by atoms with van der Waals surface area (Å²) in [5.41, 5.74) is -0.422. The number of hydrogen-bond donors (Lipinski definition) is 0. The molecular weight excluding hydrogens is 331 g/mol. The Labute approximate surface area is 140 Å². The molecule has 0 saturated carbocycles. The zero-order valence-corrected chi connectivity index (χ0v) is 12.7. The molecule has 1 heterocycles. The Morgan fingerprint density at radius 2 is 1.32 bits per heavy atom. The molecule has 3 nitrogen and oxygen atoms in total. The lowest BCUT2D eigenvalue weighted by atomic mass is 9.93. The zero-order chi connectivity index (χ0) is 17.8. The van der Waals surface area contributed by atoms with Gasteiger partial charge in [-0.25, -0.2) is 4.90 Å². The molecule has 0 N–H and O–H groups in total. The molecule has 4 rings (SSSR count). The molecule has 2 amide bonds. The van der Waals surface area contributed by atoms with Gasteiger partial charge < -0.3 is 0 Å². The van der Waals surface area contributed by atoms with E-state index in [-0.39, 0.29) is 5.69 Å². The third-order valence-corrected chi connectivity index (χ3v) is 4.20. The molecule has 0 unspecified atom stereocenters. The van der Waals surface area contributed by atoms with Gasteiger partial charge in [0.2, 0.25) is 0 Å². The molecular formula is C19H10F3NO2. The van der Waals surface area contributed by atoms with Gasteiger partial charge >= 0.3 is 6.18 Å². The van der Waals surface area contributed by atoms with Crippen LogP contribution in [0.3, 0.4) is 0 Å². The number of carbonyl (C=O) groups excluding carboxylic acids is 2. The van der Waals surface area contributed by atoms with Crippen LogP contribution in [-0.2, 0) is 6.18 Å². The summed E-state index contributed by atoms with van der Waals surface area (Å²) in [6.45, 7) is 0. The van der Waals surface area contributed by atoms with Crippen molar-refractivity contribution in [2.24, 2.45) is 0 Å². The predicted octanol–water partition coefficient (Wildman–Crippen LogP) is 4.66. The van der Waals surface area contributed by atoms with Crippen LogP contribution in [0, 0.1) is 0 Å². The van der Waals surface area contributed by atoms with E-state index in [9.17, 15) is 22.8 Å². The number of halogens is 3. The third kappa shape index (κ3) is 2.29. The number of carbonyl (C=O) groups is 2. The summed E-state index contributed by atoms with van der Waals surface area (Å²) in [4.78, 5) is 26.4. The van der Waals surface area contributed by atoms with E-state index in [1.165, 1.54) is 12.1 Å². The summed E-state index contributed by atoms with van der Waals surface area (Å²) in [5, 5.41) is 1.27. The molecule has 3 aromatic carbocycles. The molecule has 0 fully saturated rings. The van der Waals surface area contributed by atoms with Gasteiger partial charge in [-0.1, -0.05) is 30.3 Å². The van der Waals surface area contributed by atoms with Crippen LogP contribution in [0.1, 0.15) is 26.3 Å². The van der Waals surface area contributed by atoms with Gasteiger partial charge in [0.15, 0.2) is 0 Å². The first-order valence-corrected chi connectivity index (χ1v) is 7.46. The van der Waals surface area contributed by atoms with Crippen LogP contribution in [0.15, 0.2) is 60.7 Å². The van der Waals surface area contributed by atoms with Crippen LogP contribution in [0.5, 0.6) is 0 Å². The third-order valence-electron chi connectivity index (χ3n) is 4.20. The minimum atomic E-state index is -4.56. The van der Waals surface area contributed by atoms with E-state index in [1.807, 2.05) is 0 Å². The van der Waals surface area contributed by atoms with E-state index in [2.05, 4.69) is 0 Å². The Bertz CT molecular complexity index is 990. The maximum absolute atomic E-state index is 13.0. The quantitative estimate of drug-likeness (QED) is 0.604. The van der Waals surface area contributed by atoms with Gasteiger partial charge in [-0.05, 0) is 35.7 Å². The van der Waals surface area contributed by atoms with E-state index in [0.717, 1.165) is 22.4 Å². The molecule has 1 aliphatic heterocycles. The van der Waals surface area contributed by atoms with Gasteiger partial charge in [0, 0.05) is 16.5 Å². The van der Waals surface area contributed by atoms with Crippen molar-refractivity contribution in [1.29, 1.82) is 0 Å². The average molecular weight is 341 g/mol. The normalized spacial score (nSPS) is 14.3. The van der Waals surface area contributed by atoms with Crippen LogP contribution in [0.25, 0.3) is 10.8 Å². The lowest BCUT2D eigenvalue weighted by Crippen LogP contribution is -2.40. The summed E-state index contributed by atoms with van der Waals surface area (Å²) in [6.07, 6.45) is -4.56. The van der Waals surface area contributed by atoms with Gasteiger partial charge in [-0.3, -0.25) is 9.59 Å². The van der Waals surface area contributed by atoms with Crippen LogP contribution in [-0.4, -0.2) is 11.8 Å². The highest BCUT2D eigenvalue weighted by molar-refractivity contribution is 6.35. The molecule has 6 heteroatoms. The van der Waals surface area contributed by atoms with E-state index in [0.29, 0.717) is 16.5 Å². The number of nitrogens with zero attached hydrogens (tertiary/aromatic N) is 1. The van der Waals surface area contributed by atoms with E-state index >= 15 is 0 Å². The first-order chi connectivity index (χ1) is 11.9. The van der Waals surface area contributed by atoms with Gasteiger partial charge in [0.25, 0.3) is 11.8 Å². The predicted molar refractivity (Wildman–Crippen MR) is 86.5 cm³/mol. The second-order valence-electron chi connectivity index (χ2n) is 5.70. The fraction of sp³-hybridized carbons (Fsp3) is 0.0526. The fourth-order valence-electron chi connectivity index (χ4n) is 3.09. The number of rotatable bonds is 1. The highest BCUT2D eigenvalue weighted by Crippen LogP contribution is 2.35. The van der Waals surface area contributed by atoms with Crippen molar-refractivity contribution in [3.05, 3.63) is 77.4 Å². The maximum atomic E-state index is 13.0. The second kappa shape index (κ2) is 5.17. The number of alkyl halides is 3. The van der Waals surface area contributed by atoms with Crippen LogP contribution in [0.4, 0.5) is 18.9 Å². The van der Waals surface area contributed by atoms with Gasteiger partial charge in [0.05, 0.1) is 11.3 Å². The Balaban J connectivity index is 1.92. The Kier molecular flexibility index (Phi) is 3.18. The summed E-state index contributed by atoms with van der Waals surface area (Å²) in [6, 6.07) is 14.3. The molecule has 124 valence electrons. The number of amides is 2. The van der Waals surface area contributed by atoms with Crippen molar-refractivity contribution < 1.29 is 22.8 Å². The van der Waals surface area contributed by atoms with E-state index < -0.39 is 23.6 Å². The van der Waals surface area contributed by atoms with Gasteiger partial charge in [-0.15, -0.1) is 0 Å². The Morgan fingerprint density at radius 1 is 0.760 bits per heavy atom. The summed E-state index contributed by atoms with van der Waals surface area (Å²) < 4.78 is 38.9. The van der Waals surface area contributed by atoms with Crippen molar-refractivity contribution in [3.8, 4) is 0 Å². The molecule has 1 aliphatic rings. The van der Waals surface area contributed by atoms with Crippen molar-refractivity contribution in [1.82, 2.24) is 0 Å². The molecule has 25 heavy (non-hydrogen) atoms. The number of anilines is 1. The van der Waals surface area contributed by atoms with Crippen LogP contribution < -0.4 is 4.90 Å². The molecule has 0 aliphatic carbocycles. The second-order valence-corrected chi connectivity index (χ2v) is 5.70. The first kappa shape index (κ1) is 15.4.